The fraction of sp³-hybridized carbons (Fsp3) is 0.895. The van der Waals surface area contributed by atoms with Gasteiger partial charge in [0.1, 0.15) is 0 Å². The van der Waals surface area contributed by atoms with E-state index in [2.05, 4.69) is 46.8 Å². The maximum absolute atomic E-state index is 10.3. The maximum atomic E-state index is 10.3. The van der Waals surface area contributed by atoms with Gasteiger partial charge in [-0.1, -0.05) is 53.2 Å². The van der Waals surface area contributed by atoms with Gasteiger partial charge in [-0.15, -0.1) is 0 Å². The summed E-state index contributed by atoms with van der Waals surface area (Å²) in [4.78, 5) is 0. The van der Waals surface area contributed by atoms with Crippen molar-refractivity contribution >= 4 is 0 Å². The summed E-state index contributed by atoms with van der Waals surface area (Å²) in [5.74, 6) is 3.36. The molecule has 116 valence electrons. The number of aliphatic hydroxyl groups is 1. The zero-order valence-electron chi connectivity index (χ0n) is 14.1. The van der Waals surface area contributed by atoms with Crippen LogP contribution in [0.5, 0.6) is 0 Å². The third kappa shape index (κ3) is 2.98. The molecule has 2 rings (SSSR count). The minimum Gasteiger partial charge on any atom is -0.393 e. The standard InChI is InChI=1S/C19H34O/c1-13(2)14(3)8-9-15(4)16-10-11-17-18(20)7-6-12-19(16,17)5/h8-9,13-18,20H,6-7,10-12H2,1-5H3/b9-8+/t14-,15+,16+,17-,18?,19?/m0/s1. The van der Waals surface area contributed by atoms with Crippen LogP contribution < -0.4 is 0 Å². The van der Waals surface area contributed by atoms with Crippen molar-refractivity contribution in [2.24, 2.45) is 35.0 Å². The van der Waals surface area contributed by atoms with E-state index in [9.17, 15) is 5.11 Å². The highest BCUT2D eigenvalue weighted by atomic mass is 16.3. The zero-order chi connectivity index (χ0) is 14.9. The van der Waals surface area contributed by atoms with E-state index in [1.54, 1.807) is 0 Å². The van der Waals surface area contributed by atoms with Gasteiger partial charge in [-0.3, -0.25) is 0 Å². The molecule has 20 heavy (non-hydrogen) atoms. The van der Waals surface area contributed by atoms with E-state index in [0.29, 0.717) is 23.2 Å². The highest BCUT2D eigenvalue weighted by Gasteiger charge is 2.51. The van der Waals surface area contributed by atoms with E-state index < -0.39 is 0 Å². The lowest BCUT2D eigenvalue weighted by atomic mass is 9.62. The second kappa shape index (κ2) is 6.22. The summed E-state index contributed by atoms with van der Waals surface area (Å²) in [6.45, 7) is 11.8. The minimum atomic E-state index is -0.0375. The molecule has 0 heterocycles. The van der Waals surface area contributed by atoms with Crippen molar-refractivity contribution in [3.05, 3.63) is 12.2 Å². The van der Waals surface area contributed by atoms with E-state index in [4.69, 9.17) is 0 Å². The van der Waals surface area contributed by atoms with Crippen molar-refractivity contribution in [3.8, 4) is 0 Å². The Balaban J connectivity index is 2.05. The molecular weight excluding hydrogens is 244 g/mol. The Morgan fingerprint density at radius 3 is 2.40 bits per heavy atom. The topological polar surface area (TPSA) is 20.2 Å². The second-order valence-electron chi connectivity index (χ2n) is 8.10. The van der Waals surface area contributed by atoms with Crippen LogP contribution in [0.4, 0.5) is 0 Å². The SMILES string of the molecule is CC(C)[C@@H](C)/C=C/[C@@H](C)[C@H]1CC[C@H]2C(O)CCCC12C. The zero-order valence-corrected chi connectivity index (χ0v) is 14.1. The Morgan fingerprint density at radius 1 is 1.05 bits per heavy atom. The summed E-state index contributed by atoms with van der Waals surface area (Å²) < 4.78 is 0. The minimum absolute atomic E-state index is 0.0375. The van der Waals surface area contributed by atoms with Gasteiger partial charge in [-0.2, -0.15) is 0 Å². The smallest absolute Gasteiger partial charge is 0.0573 e. The van der Waals surface area contributed by atoms with Crippen LogP contribution in [0.25, 0.3) is 0 Å². The highest BCUT2D eigenvalue weighted by molar-refractivity contribution is 5.05. The van der Waals surface area contributed by atoms with Crippen LogP contribution in [0.15, 0.2) is 12.2 Å². The summed E-state index contributed by atoms with van der Waals surface area (Å²) in [5, 5.41) is 10.3. The molecular formula is C19H34O. The molecule has 2 saturated carbocycles. The molecule has 2 aliphatic carbocycles. The Kier molecular flexibility index (Phi) is 5.00. The van der Waals surface area contributed by atoms with Gasteiger partial charge in [-0.05, 0) is 60.7 Å². The van der Waals surface area contributed by atoms with Gasteiger partial charge in [-0.25, -0.2) is 0 Å². The van der Waals surface area contributed by atoms with Crippen molar-refractivity contribution in [2.75, 3.05) is 0 Å². The first-order valence-corrected chi connectivity index (χ1v) is 8.72. The van der Waals surface area contributed by atoms with Crippen LogP contribution >= 0.6 is 0 Å². The fourth-order valence-electron chi connectivity index (χ4n) is 4.76. The molecule has 2 unspecified atom stereocenters. The Morgan fingerprint density at radius 2 is 1.75 bits per heavy atom. The lowest BCUT2D eigenvalue weighted by Gasteiger charge is -2.44. The van der Waals surface area contributed by atoms with Crippen LogP contribution in [-0.2, 0) is 0 Å². The van der Waals surface area contributed by atoms with E-state index in [-0.39, 0.29) is 6.10 Å². The number of aliphatic hydroxyl groups excluding tert-OH is 1. The fourth-order valence-corrected chi connectivity index (χ4v) is 4.76. The third-order valence-electron chi connectivity index (χ3n) is 6.57. The predicted octanol–water partition coefficient (Wildman–Crippen LogP) is 5.05. The molecule has 1 N–H and O–H groups in total. The van der Waals surface area contributed by atoms with E-state index in [0.717, 1.165) is 18.3 Å². The molecule has 0 saturated heterocycles. The average Bonchev–Trinajstić information content (AvgIpc) is 2.74. The highest BCUT2D eigenvalue weighted by Crippen LogP contribution is 2.57. The summed E-state index contributed by atoms with van der Waals surface area (Å²) in [6, 6.07) is 0. The summed E-state index contributed by atoms with van der Waals surface area (Å²) >= 11 is 0. The molecule has 2 aliphatic rings. The van der Waals surface area contributed by atoms with Gasteiger partial charge in [0.15, 0.2) is 0 Å². The molecule has 0 radical (unpaired) electrons. The summed E-state index contributed by atoms with van der Waals surface area (Å²) in [5.41, 5.74) is 0.377. The van der Waals surface area contributed by atoms with Gasteiger partial charge in [0, 0.05) is 0 Å². The van der Waals surface area contributed by atoms with Crippen molar-refractivity contribution < 1.29 is 5.11 Å². The van der Waals surface area contributed by atoms with E-state index in [1.165, 1.54) is 25.7 Å². The molecule has 0 aromatic rings. The Bertz CT molecular complexity index is 346. The lowest BCUT2D eigenvalue weighted by molar-refractivity contribution is -0.0231. The van der Waals surface area contributed by atoms with Crippen LogP contribution in [0.1, 0.15) is 66.7 Å². The predicted molar refractivity (Wildman–Crippen MR) is 86.5 cm³/mol. The van der Waals surface area contributed by atoms with E-state index >= 15 is 0 Å². The maximum Gasteiger partial charge on any atom is 0.0573 e. The molecule has 2 fully saturated rings. The largest absolute Gasteiger partial charge is 0.393 e. The summed E-state index contributed by atoms with van der Waals surface area (Å²) in [7, 11) is 0. The number of rotatable bonds is 4. The number of fused-ring (bicyclic) bond motifs is 1. The van der Waals surface area contributed by atoms with Crippen LogP contribution in [0.2, 0.25) is 0 Å². The molecule has 0 aromatic carbocycles. The number of hydrogen-bond donors (Lipinski definition) is 1. The number of allylic oxidation sites excluding steroid dienone is 2. The molecule has 6 atom stereocenters. The summed E-state index contributed by atoms with van der Waals surface area (Å²) in [6.07, 6.45) is 10.9. The van der Waals surface area contributed by atoms with Crippen molar-refractivity contribution in [1.82, 2.24) is 0 Å². The monoisotopic (exact) mass is 278 g/mol. The molecule has 0 bridgehead atoms. The Labute approximate surface area is 125 Å². The van der Waals surface area contributed by atoms with Gasteiger partial charge < -0.3 is 5.11 Å². The first-order valence-electron chi connectivity index (χ1n) is 8.72. The molecule has 0 aliphatic heterocycles. The molecule has 0 spiro atoms. The first-order chi connectivity index (χ1) is 9.36. The quantitative estimate of drug-likeness (QED) is 0.714. The lowest BCUT2D eigenvalue weighted by Crippen LogP contribution is -2.41. The molecule has 0 amide bonds. The van der Waals surface area contributed by atoms with Crippen molar-refractivity contribution in [1.29, 1.82) is 0 Å². The number of hydrogen-bond acceptors (Lipinski definition) is 1. The molecule has 0 aromatic heterocycles. The van der Waals surface area contributed by atoms with Gasteiger partial charge in [0.25, 0.3) is 0 Å². The molecule has 1 nitrogen and oxygen atoms in total. The normalized spacial score (nSPS) is 41.0. The Hall–Kier alpha value is -0.300. The van der Waals surface area contributed by atoms with Gasteiger partial charge >= 0.3 is 0 Å². The third-order valence-corrected chi connectivity index (χ3v) is 6.57. The average molecular weight is 278 g/mol. The second-order valence-corrected chi connectivity index (χ2v) is 8.10. The van der Waals surface area contributed by atoms with Gasteiger partial charge in [0.05, 0.1) is 6.10 Å². The molecule has 1 heteroatoms. The van der Waals surface area contributed by atoms with Crippen molar-refractivity contribution in [2.45, 2.75) is 72.8 Å². The first kappa shape index (κ1) is 16.1. The van der Waals surface area contributed by atoms with Crippen LogP contribution in [-0.4, -0.2) is 11.2 Å². The van der Waals surface area contributed by atoms with Gasteiger partial charge in [0.2, 0.25) is 0 Å². The van der Waals surface area contributed by atoms with E-state index in [1.807, 2.05) is 0 Å². The van der Waals surface area contributed by atoms with Crippen LogP contribution in [0, 0.1) is 35.0 Å². The van der Waals surface area contributed by atoms with Crippen LogP contribution in [0.3, 0.4) is 0 Å². The van der Waals surface area contributed by atoms with Crippen molar-refractivity contribution in [3.63, 3.8) is 0 Å².